The van der Waals surface area contributed by atoms with Crippen LogP contribution >= 0.6 is 15.9 Å². The number of rotatable bonds is 1. The molecule has 88 valence electrons. The van der Waals surface area contributed by atoms with Crippen molar-refractivity contribution in [1.29, 1.82) is 0 Å². The highest BCUT2D eigenvalue weighted by Gasteiger charge is 2.34. The van der Waals surface area contributed by atoms with Gasteiger partial charge in [-0.2, -0.15) is 0 Å². The summed E-state index contributed by atoms with van der Waals surface area (Å²) in [6, 6.07) is 3.42. The number of hydrogen-bond donors (Lipinski definition) is 1. The molecule has 2 rings (SSSR count). The Balaban J connectivity index is 2.45. The summed E-state index contributed by atoms with van der Waals surface area (Å²) in [5.41, 5.74) is 0.225. The second-order valence-corrected chi connectivity index (χ2v) is 5.11. The van der Waals surface area contributed by atoms with Crippen molar-refractivity contribution in [2.24, 2.45) is 0 Å². The SMILES string of the molecule is Cc1cc(Br)c(F)c(C2(O)CCOCC2)c1. The second-order valence-electron chi connectivity index (χ2n) is 4.25. The number of hydrogen-bond acceptors (Lipinski definition) is 2. The van der Waals surface area contributed by atoms with E-state index in [-0.39, 0.29) is 5.82 Å². The second kappa shape index (κ2) is 4.43. The minimum Gasteiger partial charge on any atom is -0.385 e. The Bertz CT molecular complexity index is 400. The smallest absolute Gasteiger partial charge is 0.143 e. The van der Waals surface area contributed by atoms with Crippen molar-refractivity contribution in [3.63, 3.8) is 0 Å². The van der Waals surface area contributed by atoms with Crippen LogP contribution in [0.1, 0.15) is 24.0 Å². The van der Waals surface area contributed by atoms with Crippen molar-refractivity contribution < 1.29 is 14.2 Å². The van der Waals surface area contributed by atoms with Gasteiger partial charge in [-0.3, -0.25) is 0 Å². The van der Waals surface area contributed by atoms with Crippen LogP contribution < -0.4 is 0 Å². The van der Waals surface area contributed by atoms with E-state index in [1.165, 1.54) is 0 Å². The zero-order valence-corrected chi connectivity index (χ0v) is 10.7. The van der Waals surface area contributed by atoms with E-state index in [4.69, 9.17) is 4.74 Å². The summed E-state index contributed by atoms with van der Waals surface area (Å²) in [5.74, 6) is -0.366. The Morgan fingerprint density at radius 1 is 1.38 bits per heavy atom. The maximum atomic E-state index is 14.0. The molecular formula is C12H14BrFO2. The van der Waals surface area contributed by atoms with Gasteiger partial charge in [0.2, 0.25) is 0 Å². The number of halogens is 2. The first-order valence-corrected chi connectivity index (χ1v) is 6.08. The largest absolute Gasteiger partial charge is 0.385 e. The first-order chi connectivity index (χ1) is 7.53. The van der Waals surface area contributed by atoms with E-state index in [9.17, 15) is 9.50 Å². The molecule has 1 fully saturated rings. The van der Waals surface area contributed by atoms with E-state index in [2.05, 4.69) is 15.9 Å². The molecule has 0 radical (unpaired) electrons. The number of aliphatic hydroxyl groups is 1. The van der Waals surface area contributed by atoms with Crippen molar-refractivity contribution in [2.75, 3.05) is 13.2 Å². The maximum absolute atomic E-state index is 14.0. The van der Waals surface area contributed by atoms with E-state index >= 15 is 0 Å². The zero-order valence-electron chi connectivity index (χ0n) is 9.09. The Morgan fingerprint density at radius 3 is 2.62 bits per heavy atom. The fraction of sp³-hybridized carbons (Fsp3) is 0.500. The van der Waals surface area contributed by atoms with Gasteiger partial charge >= 0.3 is 0 Å². The quantitative estimate of drug-likeness (QED) is 0.861. The minimum absolute atomic E-state index is 0.366. The van der Waals surface area contributed by atoms with Gasteiger partial charge in [0.05, 0.1) is 10.1 Å². The van der Waals surface area contributed by atoms with E-state index in [1.807, 2.05) is 6.92 Å². The van der Waals surface area contributed by atoms with Gasteiger partial charge in [-0.15, -0.1) is 0 Å². The molecule has 0 aromatic heterocycles. The Kier molecular flexibility index (Phi) is 3.33. The predicted octanol–water partition coefficient (Wildman–Crippen LogP) is 2.89. The molecule has 0 amide bonds. The summed E-state index contributed by atoms with van der Waals surface area (Å²) in [7, 11) is 0. The molecule has 1 heterocycles. The van der Waals surface area contributed by atoms with Gasteiger partial charge in [-0.1, -0.05) is 6.07 Å². The van der Waals surface area contributed by atoms with Crippen LogP contribution in [0.25, 0.3) is 0 Å². The molecular weight excluding hydrogens is 275 g/mol. The molecule has 4 heteroatoms. The van der Waals surface area contributed by atoms with Gasteiger partial charge in [-0.05, 0) is 34.5 Å². The van der Waals surface area contributed by atoms with E-state index in [0.717, 1.165) is 5.56 Å². The number of aryl methyl sites for hydroxylation is 1. The monoisotopic (exact) mass is 288 g/mol. The molecule has 16 heavy (non-hydrogen) atoms. The third-order valence-electron chi connectivity index (χ3n) is 2.99. The molecule has 0 saturated carbocycles. The molecule has 0 aliphatic carbocycles. The van der Waals surface area contributed by atoms with Crippen LogP contribution in [0.15, 0.2) is 16.6 Å². The van der Waals surface area contributed by atoms with Crippen molar-refractivity contribution in [3.8, 4) is 0 Å². The first kappa shape index (κ1) is 12.0. The highest BCUT2D eigenvalue weighted by atomic mass is 79.9. The van der Waals surface area contributed by atoms with Crippen LogP contribution in [-0.2, 0) is 10.3 Å². The lowest BCUT2D eigenvalue weighted by molar-refractivity contribution is -0.0698. The van der Waals surface area contributed by atoms with Crippen LogP contribution in [0.4, 0.5) is 4.39 Å². The summed E-state index contributed by atoms with van der Waals surface area (Å²) in [4.78, 5) is 0. The molecule has 0 atom stereocenters. The van der Waals surface area contributed by atoms with Gasteiger partial charge < -0.3 is 9.84 Å². The zero-order chi connectivity index (χ0) is 11.8. The average Bonchev–Trinajstić information content (AvgIpc) is 2.24. The van der Waals surface area contributed by atoms with E-state index in [0.29, 0.717) is 36.1 Å². The molecule has 1 saturated heterocycles. The van der Waals surface area contributed by atoms with Gasteiger partial charge in [-0.25, -0.2) is 4.39 Å². The number of ether oxygens (including phenoxy) is 1. The lowest BCUT2D eigenvalue weighted by Crippen LogP contribution is -2.34. The van der Waals surface area contributed by atoms with Crippen LogP contribution in [0.5, 0.6) is 0 Å². The normalized spacial score (nSPS) is 19.8. The van der Waals surface area contributed by atoms with E-state index < -0.39 is 5.60 Å². The molecule has 2 nitrogen and oxygen atoms in total. The summed E-state index contributed by atoms with van der Waals surface area (Å²) in [5, 5.41) is 10.4. The van der Waals surface area contributed by atoms with E-state index in [1.54, 1.807) is 12.1 Å². The van der Waals surface area contributed by atoms with Crippen molar-refractivity contribution in [3.05, 3.63) is 33.5 Å². The highest BCUT2D eigenvalue weighted by Crippen LogP contribution is 2.36. The summed E-state index contributed by atoms with van der Waals surface area (Å²) >= 11 is 3.17. The van der Waals surface area contributed by atoms with Crippen molar-refractivity contribution in [2.45, 2.75) is 25.4 Å². The summed E-state index contributed by atoms with van der Waals surface area (Å²) < 4.78 is 19.6. The Labute approximate surface area is 103 Å². The standard InChI is InChI=1S/C12H14BrFO2/c1-8-6-9(11(14)10(13)7-8)12(15)2-4-16-5-3-12/h6-7,15H,2-5H2,1H3. The molecule has 1 aromatic rings. The molecule has 1 N–H and O–H groups in total. The van der Waals surface area contributed by atoms with Crippen LogP contribution in [0, 0.1) is 12.7 Å². The molecule has 1 aromatic carbocycles. The Morgan fingerprint density at radius 2 is 2.00 bits per heavy atom. The van der Waals surface area contributed by atoms with Crippen LogP contribution in [0.2, 0.25) is 0 Å². The van der Waals surface area contributed by atoms with Gasteiger partial charge in [0, 0.05) is 31.6 Å². The molecule has 0 unspecified atom stereocenters. The van der Waals surface area contributed by atoms with Crippen LogP contribution in [-0.4, -0.2) is 18.3 Å². The lowest BCUT2D eigenvalue weighted by Gasteiger charge is -2.33. The fourth-order valence-electron chi connectivity index (χ4n) is 2.04. The van der Waals surface area contributed by atoms with Gasteiger partial charge in [0.25, 0.3) is 0 Å². The van der Waals surface area contributed by atoms with Crippen LogP contribution in [0.3, 0.4) is 0 Å². The average molecular weight is 289 g/mol. The molecule has 0 spiro atoms. The maximum Gasteiger partial charge on any atom is 0.143 e. The van der Waals surface area contributed by atoms with Gasteiger partial charge in [0.1, 0.15) is 5.82 Å². The molecule has 1 aliphatic heterocycles. The number of benzene rings is 1. The third kappa shape index (κ3) is 2.14. The predicted molar refractivity (Wildman–Crippen MR) is 62.8 cm³/mol. The topological polar surface area (TPSA) is 29.5 Å². The molecule has 1 aliphatic rings. The third-order valence-corrected chi connectivity index (χ3v) is 3.57. The lowest BCUT2D eigenvalue weighted by atomic mass is 9.85. The summed E-state index contributed by atoms with van der Waals surface area (Å²) in [6.07, 6.45) is 0.889. The fourth-order valence-corrected chi connectivity index (χ4v) is 2.62. The van der Waals surface area contributed by atoms with Gasteiger partial charge in [0.15, 0.2) is 0 Å². The minimum atomic E-state index is -1.09. The Hall–Kier alpha value is -0.450. The molecule has 0 bridgehead atoms. The van der Waals surface area contributed by atoms with Crippen molar-refractivity contribution >= 4 is 15.9 Å². The summed E-state index contributed by atoms with van der Waals surface area (Å²) in [6.45, 7) is 2.83. The first-order valence-electron chi connectivity index (χ1n) is 5.29. The highest BCUT2D eigenvalue weighted by molar-refractivity contribution is 9.10. The van der Waals surface area contributed by atoms with Crippen molar-refractivity contribution in [1.82, 2.24) is 0 Å².